The van der Waals surface area contributed by atoms with Crippen molar-refractivity contribution in [2.75, 3.05) is 19.4 Å². The summed E-state index contributed by atoms with van der Waals surface area (Å²) in [5.74, 6) is 0. The van der Waals surface area contributed by atoms with Crippen molar-refractivity contribution in [1.29, 1.82) is 0 Å². The Labute approximate surface area is 136 Å². The van der Waals surface area contributed by atoms with Gasteiger partial charge in [-0.3, -0.25) is 4.57 Å². The van der Waals surface area contributed by atoms with Crippen LogP contribution in [0.4, 0.5) is 0 Å². The van der Waals surface area contributed by atoms with Crippen LogP contribution in [-0.2, 0) is 22.9 Å². The van der Waals surface area contributed by atoms with E-state index >= 15 is 0 Å². The van der Waals surface area contributed by atoms with Crippen molar-refractivity contribution in [2.45, 2.75) is 78.3 Å². The van der Waals surface area contributed by atoms with Crippen LogP contribution in [0, 0.1) is 0 Å². The lowest BCUT2D eigenvalue weighted by atomic mass is 9.82. The first-order valence-corrected chi connectivity index (χ1v) is 10.1. The lowest BCUT2D eigenvalue weighted by molar-refractivity contribution is 0.00578. The molecule has 1 aliphatic rings. The highest BCUT2D eigenvalue weighted by Gasteiger charge is 2.50. The van der Waals surface area contributed by atoms with Gasteiger partial charge in [0.1, 0.15) is 0 Å². The zero-order valence-corrected chi connectivity index (χ0v) is 15.9. The zero-order chi connectivity index (χ0) is 16.9. The van der Waals surface area contributed by atoms with Gasteiger partial charge in [-0.2, -0.15) is 0 Å². The topological polar surface area (TPSA) is 54.0 Å². The van der Waals surface area contributed by atoms with Crippen molar-refractivity contribution in [3.63, 3.8) is 0 Å². The molecule has 0 aromatic rings. The molecule has 22 heavy (non-hydrogen) atoms. The van der Waals surface area contributed by atoms with Gasteiger partial charge >= 0.3 is 14.7 Å². The highest BCUT2D eigenvalue weighted by Crippen LogP contribution is 2.48. The van der Waals surface area contributed by atoms with Crippen LogP contribution < -0.4 is 0 Å². The van der Waals surface area contributed by atoms with Crippen LogP contribution in [-0.4, -0.2) is 37.7 Å². The normalized spacial score (nSPS) is 20.5. The molecule has 5 nitrogen and oxygen atoms in total. The second-order valence-corrected chi connectivity index (χ2v) is 8.89. The van der Waals surface area contributed by atoms with Crippen LogP contribution in [0.15, 0.2) is 0 Å². The molecule has 1 fully saturated rings. The smallest absolute Gasteiger partial charge is 0.403 e. The van der Waals surface area contributed by atoms with Crippen molar-refractivity contribution in [3.8, 4) is 0 Å². The highest BCUT2D eigenvalue weighted by atomic mass is 31.2. The molecule has 0 saturated carbocycles. The minimum Gasteiger partial charge on any atom is -0.403 e. The second kappa shape index (κ2) is 8.30. The first-order valence-electron chi connectivity index (χ1n) is 8.39. The van der Waals surface area contributed by atoms with Gasteiger partial charge in [0, 0.05) is 0 Å². The van der Waals surface area contributed by atoms with Gasteiger partial charge in [0.15, 0.2) is 0 Å². The molecule has 0 radical (unpaired) electrons. The Morgan fingerprint density at radius 2 is 1.41 bits per heavy atom. The molecule has 1 saturated heterocycles. The number of hydrogen-bond acceptors (Lipinski definition) is 5. The minimum absolute atomic E-state index is 0.143. The van der Waals surface area contributed by atoms with Gasteiger partial charge in [-0.25, -0.2) is 0 Å². The Bertz CT molecular complexity index is 360. The van der Waals surface area contributed by atoms with E-state index in [4.69, 9.17) is 18.4 Å². The molecule has 7 heteroatoms. The van der Waals surface area contributed by atoms with Crippen LogP contribution in [0.1, 0.15) is 60.8 Å². The highest BCUT2D eigenvalue weighted by molar-refractivity contribution is 7.53. The average molecular weight is 334 g/mol. The Kier molecular flexibility index (Phi) is 7.61. The molecule has 0 aromatic heterocycles. The number of unbranched alkanes of at least 4 members (excludes halogenated alkanes) is 2. The van der Waals surface area contributed by atoms with E-state index in [1.165, 1.54) is 0 Å². The molecule has 130 valence electrons. The van der Waals surface area contributed by atoms with Crippen LogP contribution in [0.25, 0.3) is 0 Å². The lowest BCUT2D eigenvalue weighted by Crippen LogP contribution is -2.41. The molecule has 1 rings (SSSR count). The van der Waals surface area contributed by atoms with Crippen molar-refractivity contribution in [3.05, 3.63) is 0 Å². The Hall–Kier alpha value is 0.135. The van der Waals surface area contributed by atoms with E-state index in [1.807, 2.05) is 13.8 Å². The largest absolute Gasteiger partial charge is 0.457 e. The molecule has 0 bridgehead atoms. The summed E-state index contributed by atoms with van der Waals surface area (Å²) in [5, 5.41) is 0. The summed E-state index contributed by atoms with van der Waals surface area (Å²) in [6.45, 7) is 12.8. The molecule has 0 unspecified atom stereocenters. The van der Waals surface area contributed by atoms with Crippen LogP contribution in [0.3, 0.4) is 0 Å². The maximum Gasteiger partial charge on any atom is 0.457 e. The predicted molar refractivity (Wildman–Crippen MR) is 90.5 cm³/mol. The summed E-state index contributed by atoms with van der Waals surface area (Å²) in [5.41, 5.74) is -0.533. The maximum atomic E-state index is 12.3. The Balaban J connectivity index is 2.25. The van der Waals surface area contributed by atoms with Crippen molar-refractivity contribution < 1.29 is 22.9 Å². The first kappa shape index (κ1) is 20.2. The lowest BCUT2D eigenvalue weighted by Gasteiger charge is -2.32. The molecule has 1 aliphatic heterocycles. The molecular weight excluding hydrogens is 302 g/mol. The fourth-order valence-corrected chi connectivity index (χ4v) is 4.17. The van der Waals surface area contributed by atoms with E-state index in [-0.39, 0.29) is 18.3 Å². The molecule has 0 spiro atoms. The average Bonchev–Trinajstić information content (AvgIpc) is 2.57. The van der Waals surface area contributed by atoms with Crippen LogP contribution >= 0.6 is 7.60 Å². The molecule has 0 aromatic carbocycles. The second-order valence-electron chi connectivity index (χ2n) is 6.71. The summed E-state index contributed by atoms with van der Waals surface area (Å²) in [6, 6.07) is 0. The zero-order valence-electron chi connectivity index (χ0n) is 15.0. The van der Waals surface area contributed by atoms with Crippen LogP contribution in [0.2, 0.25) is 6.32 Å². The summed E-state index contributed by atoms with van der Waals surface area (Å²) in [6.07, 6.45) is 4.12. The summed E-state index contributed by atoms with van der Waals surface area (Å²) in [7, 11) is -3.03. The molecule has 0 aliphatic carbocycles. The van der Waals surface area contributed by atoms with Gasteiger partial charge in [-0.15, -0.1) is 0 Å². The third kappa shape index (κ3) is 5.65. The van der Waals surface area contributed by atoms with Gasteiger partial charge in [0.2, 0.25) is 0 Å². The third-order valence-corrected chi connectivity index (χ3v) is 6.49. The van der Waals surface area contributed by atoms with E-state index < -0.39 is 7.60 Å². The molecule has 1 heterocycles. The standard InChI is InChI=1S/C15H32BO5P/c1-7-18-22(17,19-8-2)13-11-9-10-12-16-20-14(3,4)15(5,6)21-16/h7-13H2,1-6H3. The monoisotopic (exact) mass is 334 g/mol. The Morgan fingerprint density at radius 1 is 0.909 bits per heavy atom. The van der Waals surface area contributed by atoms with E-state index in [9.17, 15) is 4.57 Å². The maximum absolute atomic E-state index is 12.3. The quantitative estimate of drug-likeness (QED) is 0.334. The van der Waals surface area contributed by atoms with Gasteiger partial charge in [0.25, 0.3) is 0 Å². The van der Waals surface area contributed by atoms with Crippen molar-refractivity contribution >= 4 is 14.7 Å². The molecule has 0 N–H and O–H groups in total. The molecular formula is C15H32BO5P. The Morgan fingerprint density at radius 3 is 1.86 bits per heavy atom. The summed E-state index contributed by atoms with van der Waals surface area (Å²) < 4.78 is 34.8. The summed E-state index contributed by atoms with van der Waals surface area (Å²) in [4.78, 5) is 0. The molecule has 0 atom stereocenters. The van der Waals surface area contributed by atoms with Crippen molar-refractivity contribution in [2.24, 2.45) is 0 Å². The number of hydrogen-bond donors (Lipinski definition) is 0. The van der Waals surface area contributed by atoms with Crippen molar-refractivity contribution in [1.82, 2.24) is 0 Å². The molecule has 0 amide bonds. The minimum atomic E-state index is -2.89. The van der Waals surface area contributed by atoms with Gasteiger partial charge in [-0.1, -0.05) is 12.8 Å². The van der Waals surface area contributed by atoms with Gasteiger partial charge in [0.05, 0.1) is 30.6 Å². The third-order valence-electron chi connectivity index (χ3n) is 4.33. The van der Waals surface area contributed by atoms with E-state index in [0.717, 1.165) is 25.6 Å². The van der Waals surface area contributed by atoms with Crippen LogP contribution in [0.5, 0.6) is 0 Å². The fourth-order valence-electron chi connectivity index (χ4n) is 2.44. The predicted octanol–water partition coefficient (Wildman–Crippen LogP) is 4.52. The first-order chi connectivity index (χ1) is 10.2. The van der Waals surface area contributed by atoms with E-state index in [2.05, 4.69) is 27.7 Å². The number of rotatable bonds is 10. The fraction of sp³-hybridized carbons (Fsp3) is 1.00. The van der Waals surface area contributed by atoms with E-state index in [1.54, 1.807) is 0 Å². The van der Waals surface area contributed by atoms with E-state index in [0.29, 0.717) is 19.4 Å². The summed E-state index contributed by atoms with van der Waals surface area (Å²) >= 11 is 0. The van der Waals surface area contributed by atoms with Gasteiger partial charge in [-0.05, 0) is 54.3 Å². The SMILES string of the molecule is CCOP(=O)(CCCCCB1OC(C)(C)C(C)(C)O1)OCC. The van der Waals surface area contributed by atoms with Gasteiger partial charge < -0.3 is 18.4 Å².